The van der Waals surface area contributed by atoms with Gasteiger partial charge in [0.15, 0.2) is 0 Å². The van der Waals surface area contributed by atoms with E-state index in [0.29, 0.717) is 5.15 Å². The van der Waals surface area contributed by atoms with Crippen molar-refractivity contribution >= 4 is 27.5 Å². The van der Waals surface area contributed by atoms with Crippen LogP contribution in [-0.2, 0) is 12.8 Å². The van der Waals surface area contributed by atoms with Crippen LogP contribution in [0.15, 0.2) is 4.47 Å². The minimum Gasteiger partial charge on any atom is -0.237 e. The van der Waals surface area contributed by atoms with Crippen molar-refractivity contribution in [1.29, 1.82) is 0 Å². The zero-order valence-corrected chi connectivity index (χ0v) is 10.8. The molecule has 1 heterocycles. The molecule has 0 spiro atoms. The molecule has 0 unspecified atom stereocenters. The molecule has 2 nitrogen and oxygen atoms in total. The number of hydrogen-bond donors (Lipinski definition) is 0. The van der Waals surface area contributed by atoms with Crippen LogP contribution in [0.4, 0.5) is 0 Å². The van der Waals surface area contributed by atoms with E-state index in [9.17, 15) is 0 Å². The quantitative estimate of drug-likeness (QED) is 0.782. The molecule has 0 aliphatic rings. The molecule has 0 aliphatic carbocycles. The Kier molecular flexibility index (Phi) is 4.82. The van der Waals surface area contributed by atoms with Crippen molar-refractivity contribution in [2.24, 2.45) is 0 Å². The van der Waals surface area contributed by atoms with Gasteiger partial charge in [0.2, 0.25) is 0 Å². The molecular weight excluding hydrogens is 263 g/mol. The Morgan fingerprint density at radius 2 is 1.79 bits per heavy atom. The molecule has 14 heavy (non-hydrogen) atoms. The molecule has 0 aromatic carbocycles. The highest BCUT2D eigenvalue weighted by molar-refractivity contribution is 9.10. The Labute approximate surface area is 98.2 Å². The summed E-state index contributed by atoms with van der Waals surface area (Å²) in [5.74, 6) is 0.851. The van der Waals surface area contributed by atoms with E-state index in [1.54, 1.807) is 0 Å². The monoisotopic (exact) mass is 276 g/mol. The number of aromatic nitrogens is 2. The van der Waals surface area contributed by atoms with Gasteiger partial charge in [-0.25, -0.2) is 9.97 Å². The van der Waals surface area contributed by atoms with Crippen molar-refractivity contribution in [3.63, 3.8) is 0 Å². The minimum absolute atomic E-state index is 0.534. The number of rotatable bonds is 4. The molecule has 0 N–H and O–H groups in total. The summed E-state index contributed by atoms with van der Waals surface area (Å²) in [6.45, 7) is 4.24. The molecule has 0 saturated heterocycles. The Morgan fingerprint density at radius 1 is 1.14 bits per heavy atom. The summed E-state index contributed by atoms with van der Waals surface area (Å²) in [7, 11) is 0. The summed E-state index contributed by atoms with van der Waals surface area (Å²) in [4.78, 5) is 8.68. The fourth-order valence-corrected chi connectivity index (χ4v) is 1.83. The molecule has 1 rings (SSSR count). The van der Waals surface area contributed by atoms with Crippen LogP contribution in [0.5, 0.6) is 0 Å². The Hall–Kier alpha value is -0.150. The summed E-state index contributed by atoms with van der Waals surface area (Å²) >= 11 is 9.40. The predicted molar refractivity (Wildman–Crippen MR) is 62.7 cm³/mol. The maximum atomic E-state index is 5.99. The maximum Gasteiger partial charge on any atom is 0.147 e. The Balaban J connectivity index is 3.01. The Morgan fingerprint density at radius 3 is 2.36 bits per heavy atom. The van der Waals surface area contributed by atoms with Gasteiger partial charge in [-0.15, -0.1) is 0 Å². The first-order valence-corrected chi connectivity index (χ1v) is 6.06. The van der Waals surface area contributed by atoms with E-state index in [-0.39, 0.29) is 0 Å². The Bertz CT molecular complexity index is 315. The number of aryl methyl sites for hydroxylation is 2. The van der Waals surface area contributed by atoms with Crippen LogP contribution in [0.2, 0.25) is 5.15 Å². The second-order valence-corrected chi connectivity index (χ2v) is 4.34. The van der Waals surface area contributed by atoms with Crippen LogP contribution in [-0.4, -0.2) is 9.97 Å². The van der Waals surface area contributed by atoms with Crippen LogP contribution in [0.1, 0.15) is 38.2 Å². The van der Waals surface area contributed by atoms with Crippen LogP contribution in [0.25, 0.3) is 0 Å². The lowest BCUT2D eigenvalue weighted by molar-refractivity contribution is 0.788. The first-order chi connectivity index (χ1) is 6.69. The number of nitrogens with zero attached hydrogens (tertiary/aromatic N) is 2. The first kappa shape index (κ1) is 11.9. The van der Waals surface area contributed by atoms with Gasteiger partial charge in [-0.2, -0.15) is 0 Å². The molecular formula is C10H14BrClN2. The van der Waals surface area contributed by atoms with Crippen molar-refractivity contribution < 1.29 is 0 Å². The highest BCUT2D eigenvalue weighted by Gasteiger charge is 2.09. The highest BCUT2D eigenvalue weighted by Crippen LogP contribution is 2.24. The van der Waals surface area contributed by atoms with Crippen LogP contribution in [0, 0.1) is 0 Å². The van der Waals surface area contributed by atoms with Gasteiger partial charge in [0.25, 0.3) is 0 Å². The SMILES string of the molecule is CCCc1nc(Cl)c(Br)c(CCC)n1. The molecule has 78 valence electrons. The molecule has 4 heteroatoms. The first-order valence-electron chi connectivity index (χ1n) is 4.89. The van der Waals surface area contributed by atoms with Crippen molar-refractivity contribution in [2.75, 3.05) is 0 Å². The van der Waals surface area contributed by atoms with Gasteiger partial charge < -0.3 is 0 Å². The molecule has 1 aromatic rings. The van der Waals surface area contributed by atoms with Crippen molar-refractivity contribution in [3.05, 3.63) is 21.1 Å². The normalized spacial score (nSPS) is 10.6. The molecule has 0 radical (unpaired) electrons. The average molecular weight is 278 g/mol. The fourth-order valence-electron chi connectivity index (χ4n) is 1.25. The lowest BCUT2D eigenvalue weighted by Crippen LogP contribution is -2.01. The van der Waals surface area contributed by atoms with E-state index < -0.39 is 0 Å². The van der Waals surface area contributed by atoms with E-state index in [1.165, 1.54) is 0 Å². The summed E-state index contributed by atoms with van der Waals surface area (Å²) in [6, 6.07) is 0. The third-order valence-corrected chi connectivity index (χ3v) is 3.22. The lowest BCUT2D eigenvalue weighted by atomic mass is 10.2. The van der Waals surface area contributed by atoms with Gasteiger partial charge in [-0.3, -0.25) is 0 Å². The topological polar surface area (TPSA) is 25.8 Å². The summed E-state index contributed by atoms with van der Waals surface area (Å²) in [5, 5.41) is 0.534. The zero-order valence-electron chi connectivity index (χ0n) is 8.48. The smallest absolute Gasteiger partial charge is 0.147 e. The molecule has 1 aromatic heterocycles. The predicted octanol–water partition coefficient (Wildman–Crippen LogP) is 3.80. The van der Waals surface area contributed by atoms with Crippen LogP contribution < -0.4 is 0 Å². The molecule has 0 aliphatic heterocycles. The number of halogens is 2. The van der Waals surface area contributed by atoms with E-state index in [2.05, 4.69) is 39.7 Å². The molecule has 0 atom stereocenters. The maximum absolute atomic E-state index is 5.99. The molecule has 0 amide bonds. The third-order valence-electron chi connectivity index (χ3n) is 1.89. The van der Waals surface area contributed by atoms with E-state index in [0.717, 1.165) is 41.7 Å². The molecule has 0 bridgehead atoms. The summed E-state index contributed by atoms with van der Waals surface area (Å²) < 4.78 is 0.848. The molecule has 0 fully saturated rings. The standard InChI is InChI=1S/C10H14BrClN2/c1-3-5-7-9(11)10(12)14-8(13-7)6-4-2/h3-6H2,1-2H3. The number of hydrogen-bond acceptors (Lipinski definition) is 2. The van der Waals surface area contributed by atoms with Crippen molar-refractivity contribution in [1.82, 2.24) is 9.97 Å². The van der Waals surface area contributed by atoms with Crippen molar-refractivity contribution in [2.45, 2.75) is 39.5 Å². The van der Waals surface area contributed by atoms with Gasteiger partial charge in [-0.05, 0) is 28.8 Å². The fraction of sp³-hybridized carbons (Fsp3) is 0.600. The van der Waals surface area contributed by atoms with Crippen molar-refractivity contribution in [3.8, 4) is 0 Å². The average Bonchev–Trinajstić information content (AvgIpc) is 2.14. The van der Waals surface area contributed by atoms with Gasteiger partial charge in [-0.1, -0.05) is 31.9 Å². The zero-order chi connectivity index (χ0) is 10.6. The highest BCUT2D eigenvalue weighted by atomic mass is 79.9. The minimum atomic E-state index is 0.534. The van der Waals surface area contributed by atoms with E-state index >= 15 is 0 Å². The summed E-state index contributed by atoms with van der Waals surface area (Å²) in [5.41, 5.74) is 1.02. The second-order valence-electron chi connectivity index (χ2n) is 3.19. The van der Waals surface area contributed by atoms with Crippen LogP contribution in [0.3, 0.4) is 0 Å². The largest absolute Gasteiger partial charge is 0.237 e. The van der Waals surface area contributed by atoms with E-state index in [4.69, 9.17) is 11.6 Å². The molecule has 0 saturated carbocycles. The van der Waals surface area contributed by atoms with Gasteiger partial charge in [0.05, 0.1) is 10.2 Å². The lowest BCUT2D eigenvalue weighted by Gasteiger charge is -2.06. The van der Waals surface area contributed by atoms with Crippen LogP contribution >= 0.6 is 27.5 Å². The van der Waals surface area contributed by atoms with Gasteiger partial charge in [0.1, 0.15) is 11.0 Å². The summed E-state index contributed by atoms with van der Waals surface area (Å²) in [6.07, 6.45) is 3.95. The third kappa shape index (κ3) is 2.92. The van der Waals surface area contributed by atoms with Gasteiger partial charge >= 0.3 is 0 Å². The second kappa shape index (κ2) is 5.66. The van der Waals surface area contributed by atoms with Gasteiger partial charge in [0, 0.05) is 6.42 Å². The van der Waals surface area contributed by atoms with E-state index in [1.807, 2.05) is 0 Å².